The molecule has 0 spiro atoms. The maximum Gasteiger partial charge on any atom is 0.335 e. The molecule has 214 valence electrons. The van der Waals surface area contributed by atoms with Gasteiger partial charge in [0.15, 0.2) is 0 Å². The van der Waals surface area contributed by atoms with Crippen molar-refractivity contribution in [3.05, 3.63) is 130 Å². The SMILES string of the molecule is Cc1[nH]n(-c2cccc(C(=O)O)c2)c(=O)c1C(c1cc(Br)cc(Br)c1O)c1c(C)[nH]n(-c2cccc(C(=O)O)c2)c1=O. The van der Waals surface area contributed by atoms with Gasteiger partial charge >= 0.3 is 11.9 Å². The minimum atomic E-state index is -1.16. The zero-order chi connectivity index (χ0) is 30.5. The number of aromatic hydroxyl groups is 1. The summed E-state index contributed by atoms with van der Waals surface area (Å²) >= 11 is 6.76. The molecule has 0 aliphatic rings. The Morgan fingerprint density at radius 2 is 1.21 bits per heavy atom. The summed E-state index contributed by atoms with van der Waals surface area (Å²) in [5, 5.41) is 36.1. The van der Waals surface area contributed by atoms with Crippen LogP contribution in [0.15, 0.2) is 79.2 Å². The molecular weight excluding hydrogens is 676 g/mol. The number of aryl methyl sites for hydroxylation is 2. The third-order valence-electron chi connectivity index (χ3n) is 6.88. The van der Waals surface area contributed by atoms with Gasteiger partial charge in [-0.25, -0.2) is 19.0 Å². The van der Waals surface area contributed by atoms with Gasteiger partial charge in [-0.15, -0.1) is 0 Å². The number of rotatable bonds is 7. The van der Waals surface area contributed by atoms with Crippen LogP contribution in [0.25, 0.3) is 11.4 Å². The lowest BCUT2D eigenvalue weighted by molar-refractivity contribution is 0.0686. The van der Waals surface area contributed by atoms with E-state index in [2.05, 4.69) is 42.1 Å². The topological polar surface area (TPSA) is 170 Å². The Morgan fingerprint density at radius 3 is 1.64 bits per heavy atom. The maximum atomic E-state index is 14.1. The van der Waals surface area contributed by atoms with E-state index >= 15 is 0 Å². The number of aromatic amines is 2. The second-order valence-corrected chi connectivity index (χ2v) is 11.3. The Balaban J connectivity index is 1.80. The highest BCUT2D eigenvalue weighted by Gasteiger charge is 2.33. The molecule has 2 aromatic heterocycles. The molecule has 0 saturated carbocycles. The monoisotopic (exact) mass is 696 g/mol. The Hall–Kier alpha value is -4.62. The molecule has 0 aliphatic heterocycles. The molecule has 0 atom stereocenters. The number of carboxylic acids is 2. The molecule has 0 unspecified atom stereocenters. The third-order valence-corrected chi connectivity index (χ3v) is 7.94. The number of carboxylic acid groups (broad SMARTS) is 2. The van der Waals surface area contributed by atoms with Gasteiger partial charge < -0.3 is 15.3 Å². The Kier molecular flexibility index (Phi) is 7.56. The van der Waals surface area contributed by atoms with Crippen LogP contribution in [0.2, 0.25) is 0 Å². The summed E-state index contributed by atoms with van der Waals surface area (Å²) in [6.07, 6.45) is 0. The quantitative estimate of drug-likeness (QED) is 0.158. The molecule has 0 saturated heterocycles. The van der Waals surface area contributed by atoms with Crippen LogP contribution in [0.1, 0.15) is 54.7 Å². The summed E-state index contributed by atoms with van der Waals surface area (Å²) in [5.74, 6) is -3.61. The number of aromatic carboxylic acids is 2. The summed E-state index contributed by atoms with van der Waals surface area (Å²) in [4.78, 5) is 51.2. The first-order valence-electron chi connectivity index (χ1n) is 12.4. The van der Waals surface area contributed by atoms with E-state index < -0.39 is 29.0 Å². The molecule has 0 bridgehead atoms. The highest BCUT2D eigenvalue weighted by Crippen LogP contribution is 2.42. The Labute approximate surface area is 253 Å². The van der Waals surface area contributed by atoms with E-state index in [-0.39, 0.29) is 44.9 Å². The average Bonchev–Trinajstić information content (AvgIpc) is 3.41. The zero-order valence-electron chi connectivity index (χ0n) is 22.0. The predicted octanol–water partition coefficient (Wildman–Crippen LogP) is 5.07. The molecule has 11 nitrogen and oxygen atoms in total. The second-order valence-electron chi connectivity index (χ2n) is 9.55. The maximum absolute atomic E-state index is 14.1. The third kappa shape index (κ3) is 5.01. The van der Waals surface area contributed by atoms with Crippen molar-refractivity contribution in [1.82, 2.24) is 19.6 Å². The number of benzene rings is 3. The largest absolute Gasteiger partial charge is 0.506 e. The van der Waals surface area contributed by atoms with E-state index in [1.165, 1.54) is 45.8 Å². The molecule has 0 aliphatic carbocycles. The highest BCUT2D eigenvalue weighted by molar-refractivity contribution is 9.11. The molecule has 42 heavy (non-hydrogen) atoms. The number of phenols is 1. The van der Waals surface area contributed by atoms with Gasteiger partial charge in [0, 0.05) is 21.4 Å². The average molecular weight is 698 g/mol. The first-order chi connectivity index (χ1) is 19.9. The Morgan fingerprint density at radius 1 is 0.762 bits per heavy atom. The van der Waals surface area contributed by atoms with Gasteiger partial charge in [-0.3, -0.25) is 19.8 Å². The Bertz CT molecular complexity index is 1900. The van der Waals surface area contributed by atoms with Gasteiger partial charge in [0.25, 0.3) is 11.1 Å². The molecule has 5 aromatic rings. The molecule has 3 aromatic carbocycles. The first-order valence-corrected chi connectivity index (χ1v) is 14.0. The molecule has 13 heteroatoms. The number of aromatic nitrogens is 4. The number of phenolic OH excluding ortho intramolecular Hbond substituents is 1. The van der Waals surface area contributed by atoms with Crippen LogP contribution in [-0.2, 0) is 0 Å². The molecule has 5 rings (SSSR count). The van der Waals surface area contributed by atoms with Crippen molar-refractivity contribution in [2.75, 3.05) is 0 Å². The fraction of sp³-hybridized carbons (Fsp3) is 0.103. The van der Waals surface area contributed by atoms with Crippen molar-refractivity contribution < 1.29 is 24.9 Å². The minimum absolute atomic E-state index is 0.0220. The number of nitrogens with one attached hydrogen (secondary N) is 2. The van der Waals surface area contributed by atoms with Gasteiger partial charge in [-0.2, -0.15) is 0 Å². The first kappa shape index (κ1) is 28.9. The van der Waals surface area contributed by atoms with E-state index in [1.807, 2.05) is 0 Å². The van der Waals surface area contributed by atoms with Crippen molar-refractivity contribution >= 4 is 43.8 Å². The van der Waals surface area contributed by atoms with Crippen molar-refractivity contribution in [2.24, 2.45) is 0 Å². The lowest BCUT2D eigenvalue weighted by Crippen LogP contribution is -2.25. The fourth-order valence-electron chi connectivity index (χ4n) is 4.98. The molecule has 0 radical (unpaired) electrons. The normalized spacial score (nSPS) is 11.3. The second kappa shape index (κ2) is 11.0. The smallest absolute Gasteiger partial charge is 0.335 e. The zero-order valence-corrected chi connectivity index (χ0v) is 25.1. The van der Waals surface area contributed by atoms with E-state index in [1.54, 1.807) is 38.1 Å². The molecule has 5 N–H and O–H groups in total. The van der Waals surface area contributed by atoms with Crippen LogP contribution in [0.5, 0.6) is 5.75 Å². The van der Waals surface area contributed by atoms with E-state index in [0.717, 1.165) is 0 Å². The van der Waals surface area contributed by atoms with Crippen molar-refractivity contribution in [3.63, 3.8) is 0 Å². The minimum Gasteiger partial charge on any atom is -0.506 e. The van der Waals surface area contributed by atoms with Gasteiger partial charge in [0.2, 0.25) is 0 Å². The fourth-order valence-corrected chi connectivity index (χ4v) is 6.24. The van der Waals surface area contributed by atoms with E-state index in [9.17, 15) is 34.5 Å². The number of nitrogens with zero attached hydrogens (tertiary/aromatic N) is 2. The van der Waals surface area contributed by atoms with Crippen LogP contribution in [0.3, 0.4) is 0 Å². The van der Waals surface area contributed by atoms with Crippen molar-refractivity contribution in [3.8, 4) is 17.1 Å². The molecule has 0 fully saturated rings. The van der Waals surface area contributed by atoms with E-state index in [4.69, 9.17) is 0 Å². The van der Waals surface area contributed by atoms with Gasteiger partial charge in [-0.1, -0.05) is 28.1 Å². The van der Waals surface area contributed by atoms with Crippen molar-refractivity contribution in [2.45, 2.75) is 19.8 Å². The van der Waals surface area contributed by atoms with Gasteiger partial charge in [-0.05, 0) is 78.3 Å². The molecule has 0 amide bonds. The van der Waals surface area contributed by atoms with E-state index in [0.29, 0.717) is 20.3 Å². The van der Waals surface area contributed by atoms with Crippen LogP contribution in [-0.4, -0.2) is 46.8 Å². The van der Waals surface area contributed by atoms with Crippen LogP contribution in [0, 0.1) is 13.8 Å². The molecule has 2 heterocycles. The van der Waals surface area contributed by atoms with Gasteiger partial charge in [0.05, 0.1) is 44.0 Å². The summed E-state index contributed by atoms with van der Waals surface area (Å²) in [5.41, 5.74) is 0.641. The number of carbonyl (C=O) groups is 2. The van der Waals surface area contributed by atoms with Crippen LogP contribution >= 0.6 is 31.9 Å². The predicted molar refractivity (Wildman–Crippen MR) is 161 cm³/mol. The summed E-state index contributed by atoms with van der Waals surface area (Å²) in [7, 11) is 0. The molecular formula is C29H22Br2N4O7. The number of hydrogen-bond donors (Lipinski definition) is 5. The lowest BCUT2D eigenvalue weighted by atomic mass is 9.85. The lowest BCUT2D eigenvalue weighted by Gasteiger charge is -2.18. The van der Waals surface area contributed by atoms with Crippen LogP contribution < -0.4 is 11.1 Å². The van der Waals surface area contributed by atoms with Crippen LogP contribution in [0.4, 0.5) is 0 Å². The highest BCUT2D eigenvalue weighted by atomic mass is 79.9. The summed E-state index contributed by atoms with van der Waals surface area (Å²) in [6.45, 7) is 3.28. The van der Waals surface area contributed by atoms with Crippen molar-refractivity contribution in [1.29, 1.82) is 0 Å². The standard InChI is InChI=1S/C29H22Br2N4O7/c1-13-22(26(37)34(32-13)18-7-3-5-15(9-18)28(39)40)24(20-11-17(30)12-21(31)25(20)36)23-14(2)33-35(27(23)38)19-8-4-6-16(10-19)29(41)42/h3-12,24,32-33,36H,1-2H3,(H,39,40)(H,41,42). The number of hydrogen-bond acceptors (Lipinski definition) is 5. The van der Waals surface area contributed by atoms with Gasteiger partial charge in [0.1, 0.15) is 5.75 Å². The number of halogens is 2. The number of H-pyrrole nitrogens is 2. The summed E-state index contributed by atoms with van der Waals surface area (Å²) in [6, 6.07) is 14.9. The summed E-state index contributed by atoms with van der Waals surface area (Å²) < 4.78 is 3.26.